The van der Waals surface area contributed by atoms with Gasteiger partial charge in [-0.05, 0) is 12.0 Å². The quantitative estimate of drug-likeness (QED) is 0.896. The summed E-state index contributed by atoms with van der Waals surface area (Å²) < 4.78 is 5.09. The van der Waals surface area contributed by atoms with Crippen molar-refractivity contribution in [2.24, 2.45) is 0 Å². The molecule has 4 heteroatoms. The van der Waals surface area contributed by atoms with Gasteiger partial charge in [0.05, 0.1) is 12.8 Å². The molecule has 1 heterocycles. The Hall–Kier alpha value is -2.10. The van der Waals surface area contributed by atoms with E-state index in [1.54, 1.807) is 13.2 Å². The number of methoxy groups -OCH3 is 1. The van der Waals surface area contributed by atoms with Gasteiger partial charge in [0.1, 0.15) is 0 Å². The average Bonchev–Trinajstić information content (AvgIpc) is 2.39. The molecule has 1 aromatic heterocycles. The third-order valence-corrected chi connectivity index (χ3v) is 2.72. The lowest BCUT2D eigenvalue weighted by Crippen LogP contribution is -1.99. The van der Waals surface area contributed by atoms with Crippen LogP contribution in [0.5, 0.6) is 5.88 Å². The molecule has 0 atom stereocenters. The lowest BCUT2D eigenvalue weighted by atomic mass is 10.1. The van der Waals surface area contributed by atoms with Crippen molar-refractivity contribution in [3.05, 3.63) is 35.9 Å². The van der Waals surface area contributed by atoms with Crippen LogP contribution in [0.25, 0.3) is 11.3 Å². The highest BCUT2D eigenvalue weighted by Crippen LogP contribution is 2.22. The fourth-order valence-electron chi connectivity index (χ4n) is 1.83. The van der Waals surface area contributed by atoms with E-state index in [0.29, 0.717) is 5.88 Å². The number of rotatable bonds is 4. The van der Waals surface area contributed by atoms with Crippen LogP contribution < -0.4 is 10.5 Å². The fourth-order valence-corrected chi connectivity index (χ4v) is 1.83. The van der Waals surface area contributed by atoms with Crippen LogP contribution in [0.2, 0.25) is 0 Å². The van der Waals surface area contributed by atoms with Crippen molar-refractivity contribution < 1.29 is 4.74 Å². The van der Waals surface area contributed by atoms with Crippen molar-refractivity contribution in [3.63, 3.8) is 0 Å². The number of aromatic nitrogens is 2. The van der Waals surface area contributed by atoms with Gasteiger partial charge in [-0.2, -0.15) is 4.98 Å². The number of ether oxygens (including phenoxy) is 1. The van der Waals surface area contributed by atoms with Crippen molar-refractivity contribution in [3.8, 4) is 17.1 Å². The molecule has 0 unspecified atom stereocenters. The molecule has 2 rings (SSSR count). The zero-order chi connectivity index (χ0) is 13.0. The van der Waals surface area contributed by atoms with Gasteiger partial charge in [-0.3, -0.25) is 0 Å². The largest absolute Gasteiger partial charge is 0.481 e. The predicted molar refractivity (Wildman–Crippen MR) is 72.4 cm³/mol. The van der Waals surface area contributed by atoms with Crippen molar-refractivity contribution in [2.75, 3.05) is 12.8 Å². The normalized spacial score (nSPS) is 10.3. The summed E-state index contributed by atoms with van der Waals surface area (Å²) in [6.07, 6.45) is 2.24. The molecule has 0 saturated carbocycles. The van der Waals surface area contributed by atoms with E-state index in [0.717, 1.165) is 24.1 Å². The molecule has 0 saturated heterocycles. The van der Waals surface area contributed by atoms with Crippen LogP contribution in [0.15, 0.2) is 30.3 Å². The van der Waals surface area contributed by atoms with Gasteiger partial charge in [0.2, 0.25) is 11.8 Å². The summed E-state index contributed by atoms with van der Waals surface area (Å²) in [5.41, 5.74) is 8.77. The number of hydrogen-bond acceptors (Lipinski definition) is 4. The first-order chi connectivity index (χ1) is 8.72. The lowest BCUT2D eigenvalue weighted by Gasteiger charge is -2.06. The first-order valence-corrected chi connectivity index (χ1v) is 6.00. The van der Waals surface area contributed by atoms with E-state index in [2.05, 4.69) is 29.0 Å². The maximum Gasteiger partial charge on any atom is 0.223 e. The Labute approximate surface area is 107 Å². The summed E-state index contributed by atoms with van der Waals surface area (Å²) >= 11 is 0. The second-order valence-corrected chi connectivity index (χ2v) is 4.10. The number of aryl methyl sites for hydroxylation is 1. The molecular formula is C14H17N3O. The molecule has 0 aliphatic rings. The Morgan fingerprint density at radius 1 is 1.17 bits per heavy atom. The number of nitrogen functional groups attached to an aromatic ring is 1. The fraction of sp³-hybridized carbons (Fsp3) is 0.286. The number of benzene rings is 1. The average molecular weight is 243 g/mol. The molecule has 0 aliphatic carbocycles. The highest BCUT2D eigenvalue weighted by Gasteiger charge is 2.05. The van der Waals surface area contributed by atoms with E-state index in [1.807, 2.05) is 12.1 Å². The smallest absolute Gasteiger partial charge is 0.223 e. The Kier molecular flexibility index (Phi) is 3.77. The first-order valence-electron chi connectivity index (χ1n) is 6.00. The molecule has 2 aromatic rings. The Balaban J connectivity index is 2.33. The topological polar surface area (TPSA) is 61.0 Å². The number of anilines is 1. The maximum atomic E-state index is 5.65. The molecule has 94 valence electrons. The summed E-state index contributed by atoms with van der Waals surface area (Å²) in [6, 6.07) is 10.1. The van der Waals surface area contributed by atoms with Crippen molar-refractivity contribution >= 4 is 5.95 Å². The SMILES string of the molecule is CCCc1ccc(-c2cc(OC)nc(N)n2)cc1. The summed E-state index contributed by atoms with van der Waals surface area (Å²) in [5, 5.41) is 0. The molecule has 0 radical (unpaired) electrons. The minimum absolute atomic E-state index is 0.224. The van der Waals surface area contributed by atoms with E-state index < -0.39 is 0 Å². The first kappa shape index (κ1) is 12.4. The summed E-state index contributed by atoms with van der Waals surface area (Å²) in [4.78, 5) is 8.18. The molecule has 0 spiro atoms. The van der Waals surface area contributed by atoms with Gasteiger partial charge in [0.25, 0.3) is 0 Å². The maximum absolute atomic E-state index is 5.65. The van der Waals surface area contributed by atoms with Crippen LogP contribution in [0.4, 0.5) is 5.95 Å². The second-order valence-electron chi connectivity index (χ2n) is 4.10. The predicted octanol–water partition coefficient (Wildman–Crippen LogP) is 2.69. The third kappa shape index (κ3) is 2.77. The second kappa shape index (κ2) is 5.49. The molecule has 4 nitrogen and oxygen atoms in total. The minimum atomic E-state index is 0.224. The molecule has 2 N–H and O–H groups in total. The van der Waals surface area contributed by atoms with E-state index >= 15 is 0 Å². The van der Waals surface area contributed by atoms with Crippen molar-refractivity contribution in [2.45, 2.75) is 19.8 Å². The Bertz CT molecular complexity index is 523. The molecular weight excluding hydrogens is 226 g/mol. The van der Waals surface area contributed by atoms with Gasteiger partial charge in [-0.15, -0.1) is 0 Å². The summed E-state index contributed by atoms with van der Waals surface area (Å²) in [7, 11) is 1.57. The van der Waals surface area contributed by atoms with Gasteiger partial charge in [0.15, 0.2) is 0 Å². The minimum Gasteiger partial charge on any atom is -0.481 e. The number of nitrogens with two attached hydrogens (primary N) is 1. The molecule has 0 aliphatic heterocycles. The Morgan fingerprint density at radius 2 is 1.89 bits per heavy atom. The van der Waals surface area contributed by atoms with Gasteiger partial charge < -0.3 is 10.5 Å². The molecule has 0 bridgehead atoms. The summed E-state index contributed by atoms with van der Waals surface area (Å²) in [6.45, 7) is 2.17. The van der Waals surface area contributed by atoms with E-state index in [1.165, 1.54) is 5.56 Å². The molecule has 0 fully saturated rings. The molecule has 0 amide bonds. The molecule has 18 heavy (non-hydrogen) atoms. The molecule has 1 aromatic carbocycles. The highest BCUT2D eigenvalue weighted by molar-refractivity contribution is 5.61. The van der Waals surface area contributed by atoms with Crippen LogP contribution in [-0.4, -0.2) is 17.1 Å². The van der Waals surface area contributed by atoms with Crippen LogP contribution in [0, 0.1) is 0 Å². The van der Waals surface area contributed by atoms with Crippen LogP contribution in [-0.2, 0) is 6.42 Å². The van der Waals surface area contributed by atoms with Gasteiger partial charge in [0, 0.05) is 11.6 Å². The highest BCUT2D eigenvalue weighted by atomic mass is 16.5. The van der Waals surface area contributed by atoms with Crippen molar-refractivity contribution in [1.29, 1.82) is 0 Å². The standard InChI is InChI=1S/C14H17N3O/c1-3-4-10-5-7-11(8-6-10)12-9-13(18-2)17-14(15)16-12/h5-9H,3-4H2,1-2H3,(H2,15,16,17). The summed E-state index contributed by atoms with van der Waals surface area (Å²) in [5.74, 6) is 0.706. The zero-order valence-corrected chi connectivity index (χ0v) is 10.7. The number of nitrogens with zero attached hydrogens (tertiary/aromatic N) is 2. The monoisotopic (exact) mass is 243 g/mol. The van der Waals surface area contributed by atoms with Gasteiger partial charge in [-0.25, -0.2) is 4.98 Å². The van der Waals surface area contributed by atoms with Crippen molar-refractivity contribution in [1.82, 2.24) is 9.97 Å². The lowest BCUT2D eigenvalue weighted by molar-refractivity contribution is 0.398. The zero-order valence-electron chi connectivity index (χ0n) is 10.7. The van der Waals surface area contributed by atoms with E-state index in [-0.39, 0.29) is 5.95 Å². The van der Waals surface area contributed by atoms with Gasteiger partial charge >= 0.3 is 0 Å². The van der Waals surface area contributed by atoms with E-state index in [9.17, 15) is 0 Å². The van der Waals surface area contributed by atoms with Gasteiger partial charge in [-0.1, -0.05) is 37.6 Å². The van der Waals surface area contributed by atoms with Crippen LogP contribution in [0.3, 0.4) is 0 Å². The number of hydrogen-bond donors (Lipinski definition) is 1. The van der Waals surface area contributed by atoms with Crippen LogP contribution >= 0.6 is 0 Å². The Morgan fingerprint density at radius 3 is 2.50 bits per heavy atom. The van der Waals surface area contributed by atoms with E-state index in [4.69, 9.17) is 10.5 Å². The third-order valence-electron chi connectivity index (χ3n) is 2.72. The van der Waals surface area contributed by atoms with Crippen LogP contribution in [0.1, 0.15) is 18.9 Å².